The standard InChI is InChI=1S/C16H25NO3S/c1-16(2,3)20-15(19)17-13(8-7-11-18)12-21-14-9-5-4-6-10-14/h4-6,9-10,13,18H,7-8,11-12H2,1-3H3,(H,17,19). The second-order valence-corrected chi connectivity index (χ2v) is 6.93. The fourth-order valence-corrected chi connectivity index (χ4v) is 2.72. The third-order valence-corrected chi connectivity index (χ3v) is 3.80. The average molecular weight is 311 g/mol. The molecule has 0 radical (unpaired) electrons. The number of thioether (sulfide) groups is 1. The Morgan fingerprint density at radius 2 is 2.00 bits per heavy atom. The van der Waals surface area contributed by atoms with E-state index < -0.39 is 11.7 Å². The monoisotopic (exact) mass is 311 g/mol. The molecule has 2 N–H and O–H groups in total. The summed E-state index contributed by atoms with van der Waals surface area (Å²) < 4.78 is 5.28. The SMILES string of the molecule is CC(C)(C)OC(=O)NC(CCCO)CSc1ccccc1. The van der Waals surface area contributed by atoms with Gasteiger partial charge in [-0.25, -0.2) is 4.79 Å². The number of hydrogen-bond donors (Lipinski definition) is 2. The van der Waals surface area contributed by atoms with Gasteiger partial charge in [-0.05, 0) is 45.7 Å². The van der Waals surface area contributed by atoms with E-state index in [1.165, 1.54) is 0 Å². The first-order chi connectivity index (χ1) is 9.90. The van der Waals surface area contributed by atoms with Crippen molar-refractivity contribution in [1.82, 2.24) is 5.32 Å². The molecule has 0 fully saturated rings. The Labute approximate surface area is 131 Å². The number of aliphatic hydroxyl groups is 1. The van der Waals surface area contributed by atoms with E-state index in [-0.39, 0.29) is 12.6 Å². The highest BCUT2D eigenvalue weighted by Gasteiger charge is 2.19. The third-order valence-electron chi connectivity index (χ3n) is 2.63. The number of carbonyl (C=O) groups excluding carboxylic acids is 1. The van der Waals surface area contributed by atoms with Gasteiger partial charge in [-0.15, -0.1) is 11.8 Å². The summed E-state index contributed by atoms with van der Waals surface area (Å²) in [6.45, 7) is 5.65. The Morgan fingerprint density at radius 1 is 1.33 bits per heavy atom. The molecular weight excluding hydrogens is 286 g/mol. The predicted octanol–water partition coefficient (Wildman–Crippen LogP) is 3.44. The van der Waals surface area contributed by atoms with Crippen molar-refractivity contribution in [1.29, 1.82) is 0 Å². The molecule has 21 heavy (non-hydrogen) atoms. The van der Waals surface area contributed by atoms with Crippen molar-refractivity contribution in [3.63, 3.8) is 0 Å². The molecule has 0 aliphatic carbocycles. The van der Waals surface area contributed by atoms with Crippen molar-refractivity contribution < 1.29 is 14.6 Å². The van der Waals surface area contributed by atoms with Gasteiger partial charge in [-0.1, -0.05) is 18.2 Å². The quantitative estimate of drug-likeness (QED) is 0.757. The van der Waals surface area contributed by atoms with Gasteiger partial charge in [0, 0.05) is 23.3 Å². The number of rotatable bonds is 7. The van der Waals surface area contributed by atoms with Gasteiger partial charge < -0.3 is 15.2 Å². The molecule has 1 aromatic rings. The summed E-state index contributed by atoms with van der Waals surface area (Å²) in [6, 6.07) is 10.0. The maximum atomic E-state index is 11.8. The van der Waals surface area contributed by atoms with Gasteiger partial charge in [-0.3, -0.25) is 0 Å². The maximum absolute atomic E-state index is 11.8. The van der Waals surface area contributed by atoms with Crippen molar-refractivity contribution in [2.75, 3.05) is 12.4 Å². The van der Waals surface area contributed by atoms with E-state index in [4.69, 9.17) is 9.84 Å². The summed E-state index contributed by atoms with van der Waals surface area (Å²) in [5.41, 5.74) is -0.502. The summed E-state index contributed by atoms with van der Waals surface area (Å²) in [4.78, 5) is 13.0. The molecule has 0 aliphatic heterocycles. The van der Waals surface area contributed by atoms with Crippen LogP contribution in [0.1, 0.15) is 33.6 Å². The molecule has 0 saturated carbocycles. The van der Waals surface area contributed by atoms with Crippen LogP contribution < -0.4 is 5.32 Å². The van der Waals surface area contributed by atoms with Gasteiger partial charge in [0.1, 0.15) is 5.60 Å². The number of aliphatic hydroxyl groups excluding tert-OH is 1. The van der Waals surface area contributed by atoms with Crippen LogP contribution in [-0.4, -0.2) is 35.2 Å². The Hall–Kier alpha value is -1.20. The molecule has 1 atom stereocenters. The molecule has 0 aliphatic rings. The number of amides is 1. The van der Waals surface area contributed by atoms with Gasteiger partial charge >= 0.3 is 6.09 Å². The molecule has 0 spiro atoms. The zero-order valence-corrected chi connectivity index (χ0v) is 13.8. The van der Waals surface area contributed by atoms with Crippen LogP contribution in [-0.2, 0) is 4.74 Å². The van der Waals surface area contributed by atoms with Crippen molar-refractivity contribution in [2.24, 2.45) is 0 Å². The predicted molar refractivity (Wildman–Crippen MR) is 86.6 cm³/mol. The number of hydrogen-bond acceptors (Lipinski definition) is 4. The summed E-state index contributed by atoms with van der Waals surface area (Å²) in [7, 11) is 0. The van der Waals surface area contributed by atoms with Crippen LogP contribution in [0.3, 0.4) is 0 Å². The van der Waals surface area contributed by atoms with E-state index >= 15 is 0 Å². The number of alkyl carbamates (subject to hydrolysis) is 1. The molecule has 1 unspecified atom stereocenters. The average Bonchev–Trinajstić information content (AvgIpc) is 2.41. The van der Waals surface area contributed by atoms with Crippen LogP contribution in [0.2, 0.25) is 0 Å². The summed E-state index contributed by atoms with van der Waals surface area (Å²) in [6.07, 6.45) is 0.991. The lowest BCUT2D eigenvalue weighted by molar-refractivity contribution is 0.0505. The minimum absolute atomic E-state index is 0.0165. The lowest BCUT2D eigenvalue weighted by Crippen LogP contribution is -2.40. The minimum Gasteiger partial charge on any atom is -0.444 e. The van der Waals surface area contributed by atoms with E-state index in [1.54, 1.807) is 11.8 Å². The summed E-state index contributed by atoms with van der Waals surface area (Å²) in [5, 5.41) is 11.9. The highest BCUT2D eigenvalue weighted by atomic mass is 32.2. The van der Waals surface area contributed by atoms with Crippen molar-refractivity contribution in [3.05, 3.63) is 30.3 Å². The van der Waals surface area contributed by atoms with Gasteiger partial charge in [-0.2, -0.15) is 0 Å². The molecule has 4 nitrogen and oxygen atoms in total. The third kappa shape index (κ3) is 8.63. The summed E-state index contributed by atoms with van der Waals surface area (Å²) in [5.74, 6) is 0.753. The maximum Gasteiger partial charge on any atom is 0.407 e. The first-order valence-electron chi connectivity index (χ1n) is 7.19. The zero-order valence-electron chi connectivity index (χ0n) is 13.0. The highest BCUT2D eigenvalue weighted by Crippen LogP contribution is 2.19. The summed E-state index contributed by atoms with van der Waals surface area (Å²) >= 11 is 1.69. The molecule has 0 aromatic heterocycles. The Balaban J connectivity index is 2.49. The first kappa shape index (κ1) is 17.9. The van der Waals surface area contributed by atoms with Crippen LogP contribution >= 0.6 is 11.8 Å². The fourth-order valence-electron chi connectivity index (χ4n) is 1.72. The number of carbonyl (C=O) groups is 1. The van der Waals surface area contributed by atoms with E-state index in [0.29, 0.717) is 6.42 Å². The molecular formula is C16H25NO3S. The van der Waals surface area contributed by atoms with Crippen LogP contribution in [0.4, 0.5) is 4.79 Å². The topological polar surface area (TPSA) is 58.6 Å². The molecule has 1 aromatic carbocycles. The van der Waals surface area contributed by atoms with E-state index in [2.05, 4.69) is 5.32 Å². The molecule has 1 amide bonds. The van der Waals surface area contributed by atoms with Crippen molar-refractivity contribution in [2.45, 2.75) is 50.2 Å². The van der Waals surface area contributed by atoms with Gasteiger partial charge in [0.25, 0.3) is 0 Å². The van der Waals surface area contributed by atoms with Crippen LogP contribution in [0.15, 0.2) is 35.2 Å². The van der Waals surface area contributed by atoms with Crippen molar-refractivity contribution in [3.8, 4) is 0 Å². The lowest BCUT2D eigenvalue weighted by atomic mass is 10.2. The Kier molecular flexibility index (Phi) is 7.61. The molecule has 0 bridgehead atoms. The van der Waals surface area contributed by atoms with Gasteiger partial charge in [0.2, 0.25) is 0 Å². The number of benzene rings is 1. The van der Waals surface area contributed by atoms with Crippen LogP contribution in [0.25, 0.3) is 0 Å². The second-order valence-electron chi connectivity index (χ2n) is 5.83. The fraction of sp³-hybridized carbons (Fsp3) is 0.562. The molecule has 0 saturated heterocycles. The lowest BCUT2D eigenvalue weighted by Gasteiger charge is -2.23. The molecule has 5 heteroatoms. The zero-order chi connectivity index (χ0) is 15.7. The number of ether oxygens (including phenoxy) is 1. The Bertz CT molecular complexity index is 417. The van der Waals surface area contributed by atoms with Gasteiger partial charge in [0.15, 0.2) is 0 Å². The largest absolute Gasteiger partial charge is 0.444 e. The van der Waals surface area contributed by atoms with E-state index in [1.807, 2.05) is 51.1 Å². The smallest absolute Gasteiger partial charge is 0.407 e. The highest BCUT2D eigenvalue weighted by molar-refractivity contribution is 7.99. The van der Waals surface area contributed by atoms with E-state index in [9.17, 15) is 4.79 Å². The molecule has 118 valence electrons. The second kappa shape index (κ2) is 8.95. The van der Waals surface area contributed by atoms with Crippen molar-refractivity contribution >= 4 is 17.9 Å². The van der Waals surface area contributed by atoms with Crippen LogP contribution in [0.5, 0.6) is 0 Å². The van der Waals surface area contributed by atoms with Crippen LogP contribution in [0, 0.1) is 0 Å². The first-order valence-corrected chi connectivity index (χ1v) is 8.17. The van der Waals surface area contributed by atoms with E-state index in [0.717, 1.165) is 17.1 Å². The van der Waals surface area contributed by atoms with Gasteiger partial charge in [0.05, 0.1) is 0 Å². The number of nitrogens with one attached hydrogen (secondary N) is 1. The molecule has 1 rings (SSSR count). The molecule has 0 heterocycles. The normalized spacial score (nSPS) is 12.8. The minimum atomic E-state index is -0.502. The Morgan fingerprint density at radius 3 is 2.57 bits per heavy atom.